The van der Waals surface area contributed by atoms with Crippen molar-refractivity contribution in [3.63, 3.8) is 0 Å². The number of amides is 2. The van der Waals surface area contributed by atoms with E-state index in [4.69, 9.17) is 9.47 Å². The molecule has 2 aromatic heterocycles. The number of nitrogens with one attached hydrogen (secondary N) is 2. The summed E-state index contributed by atoms with van der Waals surface area (Å²) in [5, 5.41) is 8.72. The molecular formula is C21H24N4O3S. The van der Waals surface area contributed by atoms with Crippen LogP contribution in [0.1, 0.15) is 23.2 Å². The Labute approximate surface area is 174 Å². The highest BCUT2D eigenvalue weighted by Crippen LogP contribution is 2.31. The average Bonchev–Trinajstić information content (AvgIpc) is 3.18. The van der Waals surface area contributed by atoms with Crippen LogP contribution in [-0.2, 0) is 12.8 Å². The summed E-state index contributed by atoms with van der Waals surface area (Å²) in [6, 6.07) is 8.80. The summed E-state index contributed by atoms with van der Waals surface area (Å²) in [5.74, 6) is 1.63. The molecule has 152 valence electrons. The van der Waals surface area contributed by atoms with Crippen LogP contribution in [0, 0.1) is 6.92 Å². The number of benzene rings is 1. The molecule has 0 aliphatic carbocycles. The number of carbonyl (C=O) groups excluding carboxylic acids is 1. The molecule has 0 spiro atoms. The average molecular weight is 413 g/mol. The fraction of sp³-hybridized carbons (Fsp3) is 0.286. The molecule has 0 fully saturated rings. The standard InChI is InChI=1S/C21H24N4O3S/c1-4-20-24-16(13-29-20)9-10-22-21(26)25-15-6-8-19(23-12-15)28-17-7-5-14(2)11-18(17)27-3/h5-8,11-13H,4,9-10H2,1-3H3,(H2,22,25,26). The number of aryl methyl sites for hydroxylation is 2. The predicted octanol–water partition coefficient (Wildman–Crippen LogP) is 4.57. The van der Waals surface area contributed by atoms with Gasteiger partial charge in [0.25, 0.3) is 0 Å². The molecule has 3 aromatic rings. The number of anilines is 1. The molecule has 3 rings (SSSR count). The number of methoxy groups -OCH3 is 1. The van der Waals surface area contributed by atoms with Crippen LogP contribution in [0.5, 0.6) is 17.4 Å². The zero-order valence-corrected chi connectivity index (χ0v) is 17.5. The van der Waals surface area contributed by atoms with Crippen LogP contribution in [0.15, 0.2) is 41.9 Å². The summed E-state index contributed by atoms with van der Waals surface area (Å²) in [7, 11) is 1.60. The lowest BCUT2D eigenvalue weighted by Gasteiger charge is -2.11. The quantitative estimate of drug-likeness (QED) is 0.566. The van der Waals surface area contributed by atoms with Gasteiger partial charge in [0.05, 0.1) is 29.7 Å². The van der Waals surface area contributed by atoms with Crippen molar-refractivity contribution in [1.29, 1.82) is 0 Å². The van der Waals surface area contributed by atoms with Crippen LogP contribution < -0.4 is 20.1 Å². The molecule has 0 radical (unpaired) electrons. The van der Waals surface area contributed by atoms with Gasteiger partial charge in [-0.1, -0.05) is 13.0 Å². The second-order valence-electron chi connectivity index (χ2n) is 6.36. The number of hydrogen-bond donors (Lipinski definition) is 2. The lowest BCUT2D eigenvalue weighted by Crippen LogP contribution is -2.30. The molecule has 0 aliphatic rings. The molecule has 0 unspecified atom stereocenters. The summed E-state index contributed by atoms with van der Waals surface area (Å²) >= 11 is 1.65. The Bertz CT molecular complexity index is 957. The van der Waals surface area contributed by atoms with Crippen LogP contribution in [0.2, 0.25) is 0 Å². The zero-order valence-electron chi connectivity index (χ0n) is 16.7. The van der Waals surface area contributed by atoms with Crippen molar-refractivity contribution in [2.24, 2.45) is 0 Å². The summed E-state index contributed by atoms with van der Waals surface area (Å²) in [6.45, 7) is 4.58. The number of pyridine rings is 1. The largest absolute Gasteiger partial charge is 0.493 e. The van der Waals surface area contributed by atoms with E-state index in [2.05, 4.69) is 27.5 Å². The Morgan fingerprint density at radius 2 is 2.07 bits per heavy atom. The number of carbonyl (C=O) groups is 1. The molecule has 2 heterocycles. The Morgan fingerprint density at radius 3 is 2.76 bits per heavy atom. The maximum absolute atomic E-state index is 12.0. The molecule has 0 atom stereocenters. The van der Waals surface area contributed by atoms with Crippen LogP contribution >= 0.6 is 11.3 Å². The molecule has 0 saturated heterocycles. The molecule has 8 heteroatoms. The van der Waals surface area contributed by atoms with E-state index in [-0.39, 0.29) is 6.03 Å². The second kappa shape index (κ2) is 9.88. The van der Waals surface area contributed by atoms with E-state index >= 15 is 0 Å². The molecule has 0 aliphatic heterocycles. The lowest BCUT2D eigenvalue weighted by molar-refractivity contribution is 0.252. The van der Waals surface area contributed by atoms with E-state index in [1.807, 2.05) is 30.5 Å². The molecule has 2 amide bonds. The minimum atomic E-state index is -0.286. The predicted molar refractivity (Wildman–Crippen MR) is 114 cm³/mol. The molecule has 2 N–H and O–H groups in total. The van der Waals surface area contributed by atoms with Gasteiger partial charge in [-0.2, -0.15) is 0 Å². The highest BCUT2D eigenvalue weighted by Gasteiger charge is 2.08. The van der Waals surface area contributed by atoms with Gasteiger partial charge in [0.2, 0.25) is 5.88 Å². The maximum Gasteiger partial charge on any atom is 0.319 e. The number of nitrogens with zero attached hydrogens (tertiary/aromatic N) is 2. The van der Waals surface area contributed by atoms with Gasteiger partial charge in [-0.05, 0) is 37.1 Å². The third kappa shape index (κ3) is 5.92. The normalized spacial score (nSPS) is 10.4. The summed E-state index contributed by atoms with van der Waals surface area (Å²) < 4.78 is 11.1. The minimum Gasteiger partial charge on any atom is -0.493 e. The Hall–Kier alpha value is -3.13. The van der Waals surface area contributed by atoms with Gasteiger partial charge in [-0.25, -0.2) is 14.8 Å². The fourth-order valence-corrected chi connectivity index (χ4v) is 3.37. The number of urea groups is 1. The van der Waals surface area contributed by atoms with Gasteiger partial charge in [0.1, 0.15) is 0 Å². The monoisotopic (exact) mass is 412 g/mol. The highest BCUT2D eigenvalue weighted by molar-refractivity contribution is 7.09. The minimum absolute atomic E-state index is 0.286. The first-order chi connectivity index (χ1) is 14.1. The van der Waals surface area contributed by atoms with Crippen LogP contribution in [0.3, 0.4) is 0 Å². The molecule has 0 saturated carbocycles. The first-order valence-electron chi connectivity index (χ1n) is 9.34. The first-order valence-corrected chi connectivity index (χ1v) is 10.2. The molecule has 1 aromatic carbocycles. The van der Waals surface area contributed by atoms with E-state index in [0.29, 0.717) is 36.0 Å². The lowest BCUT2D eigenvalue weighted by atomic mass is 10.2. The molecule has 29 heavy (non-hydrogen) atoms. The topological polar surface area (TPSA) is 85.4 Å². The number of rotatable bonds is 8. The summed E-state index contributed by atoms with van der Waals surface area (Å²) in [6.07, 6.45) is 3.18. The second-order valence-corrected chi connectivity index (χ2v) is 7.30. The number of hydrogen-bond acceptors (Lipinski definition) is 6. The van der Waals surface area contributed by atoms with Crippen molar-refractivity contribution in [1.82, 2.24) is 15.3 Å². The van der Waals surface area contributed by atoms with E-state index < -0.39 is 0 Å². The van der Waals surface area contributed by atoms with Crippen LogP contribution in [-0.4, -0.2) is 29.7 Å². The van der Waals surface area contributed by atoms with Gasteiger partial charge in [0.15, 0.2) is 11.5 Å². The van der Waals surface area contributed by atoms with Gasteiger partial charge < -0.3 is 20.1 Å². The van der Waals surface area contributed by atoms with Crippen molar-refractivity contribution >= 4 is 23.1 Å². The Morgan fingerprint density at radius 1 is 1.21 bits per heavy atom. The maximum atomic E-state index is 12.0. The Balaban J connectivity index is 1.49. The Kier molecular flexibility index (Phi) is 7.02. The number of thiazole rings is 1. The van der Waals surface area contributed by atoms with Crippen molar-refractivity contribution < 1.29 is 14.3 Å². The number of aromatic nitrogens is 2. The third-order valence-electron chi connectivity index (χ3n) is 4.10. The zero-order chi connectivity index (χ0) is 20.6. The first kappa shape index (κ1) is 20.6. The van der Waals surface area contributed by atoms with Crippen molar-refractivity contribution in [3.8, 4) is 17.4 Å². The van der Waals surface area contributed by atoms with E-state index in [1.165, 1.54) is 0 Å². The van der Waals surface area contributed by atoms with Gasteiger partial charge >= 0.3 is 6.03 Å². The van der Waals surface area contributed by atoms with Gasteiger partial charge in [-0.15, -0.1) is 11.3 Å². The summed E-state index contributed by atoms with van der Waals surface area (Å²) in [4.78, 5) is 20.8. The van der Waals surface area contributed by atoms with Gasteiger partial charge in [-0.3, -0.25) is 0 Å². The smallest absolute Gasteiger partial charge is 0.319 e. The van der Waals surface area contributed by atoms with E-state index in [9.17, 15) is 4.79 Å². The summed E-state index contributed by atoms with van der Waals surface area (Å²) in [5.41, 5.74) is 2.66. The van der Waals surface area contributed by atoms with E-state index in [1.54, 1.807) is 36.8 Å². The van der Waals surface area contributed by atoms with Crippen molar-refractivity contribution in [2.75, 3.05) is 19.0 Å². The van der Waals surface area contributed by atoms with Crippen LogP contribution in [0.4, 0.5) is 10.5 Å². The molecule has 7 nitrogen and oxygen atoms in total. The van der Waals surface area contributed by atoms with Gasteiger partial charge in [0, 0.05) is 24.4 Å². The SMILES string of the molecule is CCc1nc(CCNC(=O)Nc2ccc(Oc3ccc(C)cc3OC)nc2)cs1. The van der Waals surface area contributed by atoms with Crippen LogP contribution in [0.25, 0.3) is 0 Å². The molecular weight excluding hydrogens is 388 g/mol. The van der Waals surface area contributed by atoms with E-state index in [0.717, 1.165) is 22.7 Å². The van der Waals surface area contributed by atoms with Crippen molar-refractivity contribution in [2.45, 2.75) is 26.7 Å². The van der Waals surface area contributed by atoms with Crippen molar-refractivity contribution in [3.05, 3.63) is 58.2 Å². The fourth-order valence-electron chi connectivity index (χ4n) is 2.59. The third-order valence-corrected chi connectivity index (χ3v) is 5.14. The molecule has 0 bridgehead atoms. The number of ether oxygens (including phenoxy) is 2. The highest BCUT2D eigenvalue weighted by atomic mass is 32.1.